The first-order valence-corrected chi connectivity index (χ1v) is 6.87. The average molecular weight is 271 g/mol. The predicted octanol–water partition coefficient (Wildman–Crippen LogP) is 3.79. The smallest absolute Gasteiger partial charge is 0.152 e. The van der Waals surface area contributed by atoms with E-state index in [9.17, 15) is 5.11 Å². The molecule has 4 nitrogen and oxygen atoms in total. The molecule has 0 aliphatic heterocycles. The molecule has 1 heterocycles. The summed E-state index contributed by atoms with van der Waals surface area (Å²) < 4.78 is 0. The Kier molecular flexibility index (Phi) is 4.23. The van der Waals surface area contributed by atoms with Crippen LogP contribution in [-0.4, -0.2) is 15.3 Å². The second-order valence-corrected chi connectivity index (χ2v) is 5.41. The van der Waals surface area contributed by atoms with Crippen LogP contribution in [0.15, 0.2) is 30.3 Å². The topological polar surface area (TPSA) is 58.0 Å². The molecular formula is C16H21N3O. The van der Waals surface area contributed by atoms with Crippen LogP contribution in [0, 0.1) is 6.92 Å². The predicted molar refractivity (Wildman–Crippen MR) is 81.0 cm³/mol. The lowest BCUT2D eigenvalue weighted by molar-refractivity contribution is 0.475. The number of aromatic hydroxyl groups is 1. The van der Waals surface area contributed by atoms with Crippen LogP contribution in [0.1, 0.15) is 49.6 Å². The third-order valence-corrected chi connectivity index (χ3v) is 3.34. The van der Waals surface area contributed by atoms with Crippen molar-refractivity contribution in [1.82, 2.24) is 10.2 Å². The first kappa shape index (κ1) is 14.3. The van der Waals surface area contributed by atoms with Crippen LogP contribution in [0.4, 0.5) is 5.82 Å². The normalized spacial score (nSPS) is 12.4. The highest BCUT2D eigenvalue weighted by atomic mass is 16.3. The third-order valence-electron chi connectivity index (χ3n) is 3.34. The number of aromatic nitrogens is 2. The molecule has 20 heavy (non-hydrogen) atoms. The Morgan fingerprint density at radius 1 is 1.05 bits per heavy atom. The molecule has 106 valence electrons. The van der Waals surface area contributed by atoms with Gasteiger partial charge in [-0.05, 0) is 49.1 Å². The summed E-state index contributed by atoms with van der Waals surface area (Å²) >= 11 is 0. The number of rotatable bonds is 4. The number of aryl methyl sites for hydroxylation is 1. The van der Waals surface area contributed by atoms with Gasteiger partial charge in [-0.3, -0.25) is 0 Å². The van der Waals surface area contributed by atoms with E-state index in [0.717, 1.165) is 22.6 Å². The number of nitrogens with zero attached hydrogens (tertiary/aromatic N) is 2. The van der Waals surface area contributed by atoms with E-state index in [4.69, 9.17) is 0 Å². The quantitative estimate of drug-likeness (QED) is 0.888. The van der Waals surface area contributed by atoms with Crippen molar-refractivity contribution in [2.45, 2.75) is 39.7 Å². The van der Waals surface area contributed by atoms with Crippen LogP contribution in [0.3, 0.4) is 0 Å². The second kappa shape index (κ2) is 5.90. The molecule has 0 aliphatic carbocycles. The number of hydrogen-bond acceptors (Lipinski definition) is 4. The Morgan fingerprint density at radius 2 is 1.70 bits per heavy atom. The Bertz CT molecular complexity index is 579. The molecule has 0 aliphatic rings. The monoisotopic (exact) mass is 271 g/mol. The average Bonchev–Trinajstić information content (AvgIpc) is 2.41. The van der Waals surface area contributed by atoms with Gasteiger partial charge in [-0.2, -0.15) is 5.10 Å². The highest BCUT2D eigenvalue weighted by Crippen LogP contribution is 2.23. The van der Waals surface area contributed by atoms with Crippen LogP contribution in [0.2, 0.25) is 0 Å². The third kappa shape index (κ3) is 3.26. The molecule has 0 spiro atoms. The minimum atomic E-state index is 0.105. The van der Waals surface area contributed by atoms with Crippen LogP contribution in [-0.2, 0) is 0 Å². The summed E-state index contributed by atoms with van der Waals surface area (Å²) in [5.74, 6) is 1.46. The lowest BCUT2D eigenvalue weighted by Crippen LogP contribution is -2.10. The summed E-state index contributed by atoms with van der Waals surface area (Å²) in [7, 11) is 0. The summed E-state index contributed by atoms with van der Waals surface area (Å²) in [6.07, 6.45) is 0. The van der Waals surface area contributed by atoms with Gasteiger partial charge in [0.05, 0.1) is 11.7 Å². The number of hydrogen-bond donors (Lipinski definition) is 2. The number of anilines is 1. The van der Waals surface area contributed by atoms with Crippen molar-refractivity contribution >= 4 is 5.82 Å². The molecule has 0 bridgehead atoms. The number of nitrogens with one attached hydrogen (secondary N) is 1. The molecule has 0 radical (unpaired) electrons. The first-order valence-electron chi connectivity index (χ1n) is 6.87. The summed E-state index contributed by atoms with van der Waals surface area (Å²) in [6.45, 7) is 8.31. The zero-order valence-electron chi connectivity index (χ0n) is 12.4. The van der Waals surface area contributed by atoms with E-state index in [1.54, 1.807) is 12.1 Å². The minimum Gasteiger partial charge on any atom is -0.508 e. The van der Waals surface area contributed by atoms with Gasteiger partial charge >= 0.3 is 0 Å². The molecule has 2 rings (SSSR count). The van der Waals surface area contributed by atoms with Crippen molar-refractivity contribution in [1.29, 1.82) is 0 Å². The van der Waals surface area contributed by atoms with Crippen LogP contribution < -0.4 is 5.32 Å². The van der Waals surface area contributed by atoms with E-state index in [2.05, 4.69) is 42.4 Å². The highest BCUT2D eigenvalue weighted by Gasteiger charge is 2.10. The maximum Gasteiger partial charge on any atom is 0.152 e. The van der Waals surface area contributed by atoms with E-state index in [0.29, 0.717) is 5.92 Å². The fourth-order valence-corrected chi connectivity index (χ4v) is 1.98. The molecule has 0 saturated carbocycles. The summed E-state index contributed by atoms with van der Waals surface area (Å²) in [4.78, 5) is 0. The van der Waals surface area contributed by atoms with E-state index < -0.39 is 0 Å². The molecule has 2 N–H and O–H groups in total. The summed E-state index contributed by atoms with van der Waals surface area (Å²) in [5.41, 5.74) is 3.19. The molecule has 0 fully saturated rings. The van der Waals surface area contributed by atoms with Crippen molar-refractivity contribution in [2.75, 3.05) is 5.32 Å². The van der Waals surface area contributed by atoms with Gasteiger partial charge in [0.15, 0.2) is 5.82 Å². The molecule has 0 saturated heterocycles. The molecule has 0 amide bonds. The van der Waals surface area contributed by atoms with Crippen LogP contribution in [0.5, 0.6) is 5.75 Å². The fraction of sp³-hybridized carbons (Fsp3) is 0.375. The van der Waals surface area contributed by atoms with Crippen molar-refractivity contribution in [3.8, 4) is 5.75 Å². The van der Waals surface area contributed by atoms with E-state index in [-0.39, 0.29) is 11.8 Å². The van der Waals surface area contributed by atoms with Crippen molar-refractivity contribution in [2.24, 2.45) is 0 Å². The van der Waals surface area contributed by atoms with Gasteiger partial charge in [0, 0.05) is 0 Å². The summed E-state index contributed by atoms with van der Waals surface area (Å²) in [6, 6.07) is 9.36. The van der Waals surface area contributed by atoms with Crippen molar-refractivity contribution in [3.63, 3.8) is 0 Å². The molecule has 1 atom stereocenters. The minimum absolute atomic E-state index is 0.105. The lowest BCUT2D eigenvalue weighted by atomic mass is 10.1. The molecule has 2 aromatic rings. The van der Waals surface area contributed by atoms with Gasteiger partial charge in [0.25, 0.3) is 0 Å². The molecular weight excluding hydrogens is 250 g/mol. The van der Waals surface area contributed by atoms with Crippen LogP contribution in [0.25, 0.3) is 0 Å². The Morgan fingerprint density at radius 3 is 2.25 bits per heavy atom. The van der Waals surface area contributed by atoms with E-state index in [1.165, 1.54) is 0 Å². The van der Waals surface area contributed by atoms with Gasteiger partial charge in [0.2, 0.25) is 0 Å². The number of phenols is 1. The van der Waals surface area contributed by atoms with E-state index >= 15 is 0 Å². The maximum absolute atomic E-state index is 9.31. The van der Waals surface area contributed by atoms with E-state index in [1.807, 2.05) is 19.1 Å². The second-order valence-electron chi connectivity index (χ2n) is 5.41. The first-order chi connectivity index (χ1) is 9.47. The van der Waals surface area contributed by atoms with Gasteiger partial charge in [-0.25, -0.2) is 0 Å². The summed E-state index contributed by atoms with van der Waals surface area (Å²) in [5, 5.41) is 21.2. The maximum atomic E-state index is 9.31. The fourth-order valence-electron chi connectivity index (χ4n) is 1.98. The molecule has 1 aromatic carbocycles. The Hall–Kier alpha value is -2.10. The zero-order chi connectivity index (χ0) is 14.7. The molecule has 1 aromatic heterocycles. The number of phenolic OH excluding ortho intramolecular Hbond substituents is 1. The van der Waals surface area contributed by atoms with Gasteiger partial charge in [-0.1, -0.05) is 26.0 Å². The largest absolute Gasteiger partial charge is 0.508 e. The standard InChI is InChI=1S/C16H21N3O/c1-10(2)15-9-11(3)16(19-18-15)17-12(4)13-5-7-14(20)8-6-13/h5-10,12,20H,1-4H3,(H,17,19)/t12-/m0/s1. The van der Waals surface area contributed by atoms with Gasteiger partial charge in [-0.15, -0.1) is 5.10 Å². The Balaban J connectivity index is 2.15. The van der Waals surface area contributed by atoms with Crippen LogP contribution >= 0.6 is 0 Å². The molecule has 0 unspecified atom stereocenters. The van der Waals surface area contributed by atoms with Crippen molar-refractivity contribution < 1.29 is 5.11 Å². The molecule has 4 heteroatoms. The van der Waals surface area contributed by atoms with Gasteiger partial charge in [0.1, 0.15) is 5.75 Å². The van der Waals surface area contributed by atoms with Crippen molar-refractivity contribution in [3.05, 3.63) is 47.2 Å². The lowest BCUT2D eigenvalue weighted by Gasteiger charge is -2.17. The zero-order valence-corrected chi connectivity index (χ0v) is 12.4. The Labute approximate surface area is 119 Å². The SMILES string of the molecule is Cc1cc(C(C)C)nnc1N[C@@H](C)c1ccc(O)cc1. The van der Waals surface area contributed by atoms with Gasteiger partial charge < -0.3 is 10.4 Å². The highest BCUT2D eigenvalue weighted by molar-refractivity contribution is 5.45. The number of benzene rings is 1.